The van der Waals surface area contributed by atoms with Crippen LogP contribution in [0.1, 0.15) is 23.7 Å². The summed E-state index contributed by atoms with van der Waals surface area (Å²) in [6.07, 6.45) is 0.397. The van der Waals surface area contributed by atoms with Gasteiger partial charge in [0, 0.05) is 26.2 Å². The van der Waals surface area contributed by atoms with Gasteiger partial charge >= 0.3 is 0 Å². The fraction of sp³-hybridized carbons (Fsp3) is 0.350. The molecule has 0 aromatic heterocycles. The maximum Gasteiger partial charge on any atom is 0.255 e. The zero-order chi connectivity index (χ0) is 22.8. The minimum atomic E-state index is -4.43. The van der Waals surface area contributed by atoms with Crippen molar-refractivity contribution in [1.82, 2.24) is 9.21 Å². The van der Waals surface area contributed by atoms with Gasteiger partial charge in [0.15, 0.2) is 14.7 Å². The molecule has 0 unspecified atom stereocenters. The lowest BCUT2D eigenvalue weighted by Crippen LogP contribution is -2.50. The predicted molar refractivity (Wildman–Crippen MR) is 110 cm³/mol. The van der Waals surface area contributed by atoms with E-state index < -0.39 is 42.3 Å². The van der Waals surface area contributed by atoms with Crippen LogP contribution in [0.3, 0.4) is 0 Å². The molecule has 7 nitrogen and oxygen atoms in total. The molecule has 2 aromatic rings. The molecule has 2 aromatic carbocycles. The standard InChI is InChI=1S/C20H22F2N2O5S2/c1-2-14-30(26,27)18-9-4-3-6-15(18)20(25)23-10-12-24(13-11-23)31(28,29)19-16(21)7-5-8-17(19)22/h3-9H,2,10-14H2,1H3. The van der Waals surface area contributed by atoms with Crippen LogP contribution in [-0.2, 0) is 19.9 Å². The number of carbonyl (C=O) groups excluding carboxylic acids is 1. The van der Waals surface area contributed by atoms with Gasteiger partial charge in [-0.2, -0.15) is 4.31 Å². The summed E-state index contributed by atoms with van der Waals surface area (Å²) < 4.78 is 79.3. The number of nitrogens with zero attached hydrogens (tertiary/aromatic N) is 2. The smallest absolute Gasteiger partial charge is 0.255 e. The van der Waals surface area contributed by atoms with Crippen LogP contribution in [0.4, 0.5) is 8.78 Å². The lowest BCUT2D eigenvalue weighted by atomic mass is 10.2. The minimum Gasteiger partial charge on any atom is -0.336 e. The molecule has 1 heterocycles. The van der Waals surface area contributed by atoms with Gasteiger partial charge in [-0.05, 0) is 30.7 Å². The van der Waals surface area contributed by atoms with Gasteiger partial charge in [-0.1, -0.05) is 25.1 Å². The molecule has 1 saturated heterocycles. The topological polar surface area (TPSA) is 91.8 Å². The SMILES string of the molecule is CCCS(=O)(=O)c1ccccc1C(=O)N1CCN(S(=O)(=O)c2c(F)cccc2F)CC1. The summed E-state index contributed by atoms with van der Waals surface area (Å²) in [6, 6.07) is 8.69. The van der Waals surface area contributed by atoms with E-state index >= 15 is 0 Å². The summed E-state index contributed by atoms with van der Waals surface area (Å²) in [7, 11) is -8.07. The van der Waals surface area contributed by atoms with Crippen LogP contribution < -0.4 is 0 Å². The van der Waals surface area contributed by atoms with E-state index in [2.05, 4.69) is 0 Å². The first-order valence-electron chi connectivity index (χ1n) is 9.65. The van der Waals surface area contributed by atoms with Crippen LogP contribution in [0.15, 0.2) is 52.3 Å². The largest absolute Gasteiger partial charge is 0.336 e. The molecule has 11 heteroatoms. The van der Waals surface area contributed by atoms with Gasteiger partial charge in [-0.3, -0.25) is 4.79 Å². The average molecular weight is 473 g/mol. The second kappa shape index (κ2) is 9.01. The minimum absolute atomic E-state index is 0.0207. The molecule has 0 radical (unpaired) electrons. The summed E-state index contributed by atoms with van der Waals surface area (Å²) in [5.41, 5.74) is 0.0207. The predicted octanol–water partition coefficient (Wildman–Crippen LogP) is 2.30. The Morgan fingerprint density at radius 2 is 1.48 bits per heavy atom. The number of sulfonamides is 1. The molecule has 0 aliphatic carbocycles. The fourth-order valence-corrected chi connectivity index (χ4v) is 6.52. The highest BCUT2D eigenvalue weighted by molar-refractivity contribution is 7.91. The van der Waals surface area contributed by atoms with Crippen LogP contribution in [0, 0.1) is 11.6 Å². The van der Waals surface area contributed by atoms with Crippen molar-refractivity contribution >= 4 is 25.8 Å². The molecule has 0 saturated carbocycles. The Bertz CT molecular complexity index is 1170. The number of carbonyl (C=O) groups is 1. The monoisotopic (exact) mass is 472 g/mol. The highest BCUT2D eigenvalue weighted by Gasteiger charge is 2.35. The van der Waals surface area contributed by atoms with E-state index in [1.807, 2.05) is 0 Å². The Morgan fingerprint density at radius 3 is 2.06 bits per heavy atom. The Hall–Kier alpha value is -2.37. The Morgan fingerprint density at radius 1 is 0.903 bits per heavy atom. The number of sulfone groups is 1. The van der Waals surface area contributed by atoms with E-state index in [1.165, 1.54) is 23.1 Å². The van der Waals surface area contributed by atoms with E-state index in [1.54, 1.807) is 13.0 Å². The fourth-order valence-electron chi connectivity index (χ4n) is 3.45. The first kappa shape index (κ1) is 23.3. The van der Waals surface area contributed by atoms with Crippen LogP contribution in [-0.4, -0.2) is 63.9 Å². The van der Waals surface area contributed by atoms with Crippen molar-refractivity contribution < 1.29 is 30.4 Å². The number of hydrogen-bond acceptors (Lipinski definition) is 5. The van der Waals surface area contributed by atoms with Crippen molar-refractivity contribution in [2.75, 3.05) is 31.9 Å². The summed E-state index contributed by atoms with van der Waals surface area (Å²) in [4.78, 5) is 13.2. The third-order valence-corrected chi connectivity index (χ3v) is 8.89. The Labute approximate surface area is 180 Å². The number of halogens is 2. The number of hydrogen-bond donors (Lipinski definition) is 0. The third kappa shape index (κ3) is 4.63. The maximum atomic E-state index is 14.0. The van der Waals surface area contributed by atoms with Crippen LogP contribution in [0.5, 0.6) is 0 Å². The normalized spacial score (nSPS) is 15.8. The number of benzene rings is 2. The van der Waals surface area contributed by atoms with E-state index in [0.29, 0.717) is 6.42 Å². The summed E-state index contributed by atoms with van der Waals surface area (Å²) in [5, 5.41) is 0. The van der Waals surface area contributed by atoms with Crippen LogP contribution >= 0.6 is 0 Å². The van der Waals surface area contributed by atoms with Gasteiger partial charge in [-0.25, -0.2) is 25.6 Å². The van der Waals surface area contributed by atoms with E-state index in [9.17, 15) is 30.4 Å². The molecule has 1 fully saturated rings. The van der Waals surface area contributed by atoms with Crippen LogP contribution in [0.2, 0.25) is 0 Å². The second-order valence-electron chi connectivity index (χ2n) is 7.06. The van der Waals surface area contributed by atoms with Crippen molar-refractivity contribution in [2.45, 2.75) is 23.1 Å². The van der Waals surface area contributed by atoms with Gasteiger partial charge in [0.25, 0.3) is 5.91 Å². The summed E-state index contributed by atoms with van der Waals surface area (Å²) in [5.74, 6) is -3.01. The van der Waals surface area contributed by atoms with Crippen LogP contribution in [0.25, 0.3) is 0 Å². The van der Waals surface area contributed by atoms with Gasteiger partial charge < -0.3 is 4.90 Å². The quantitative estimate of drug-likeness (QED) is 0.643. The first-order chi connectivity index (χ1) is 14.6. The van der Waals surface area contributed by atoms with E-state index in [4.69, 9.17) is 0 Å². The van der Waals surface area contributed by atoms with E-state index in [-0.39, 0.29) is 42.4 Å². The number of amides is 1. The molecule has 0 N–H and O–H groups in total. The van der Waals surface area contributed by atoms with Crippen molar-refractivity contribution in [1.29, 1.82) is 0 Å². The molecule has 1 aliphatic heterocycles. The van der Waals surface area contributed by atoms with Crippen molar-refractivity contribution in [3.8, 4) is 0 Å². The van der Waals surface area contributed by atoms with Gasteiger partial charge in [-0.15, -0.1) is 0 Å². The number of rotatable bonds is 6. The molecular weight excluding hydrogens is 450 g/mol. The zero-order valence-electron chi connectivity index (χ0n) is 16.8. The lowest BCUT2D eigenvalue weighted by molar-refractivity contribution is 0.0693. The van der Waals surface area contributed by atoms with Gasteiger partial charge in [0.1, 0.15) is 11.6 Å². The molecule has 168 valence electrons. The maximum absolute atomic E-state index is 14.0. The summed E-state index contributed by atoms with van der Waals surface area (Å²) in [6.45, 7) is 1.28. The molecule has 0 atom stereocenters. The molecule has 0 spiro atoms. The van der Waals surface area contributed by atoms with Crippen molar-refractivity contribution in [3.63, 3.8) is 0 Å². The molecule has 1 aliphatic rings. The molecule has 0 bridgehead atoms. The highest BCUT2D eigenvalue weighted by atomic mass is 32.2. The molecule has 31 heavy (non-hydrogen) atoms. The first-order valence-corrected chi connectivity index (χ1v) is 12.7. The van der Waals surface area contributed by atoms with Gasteiger partial charge in [0.2, 0.25) is 10.0 Å². The molecule has 1 amide bonds. The molecular formula is C20H22F2N2O5S2. The Kier molecular flexibility index (Phi) is 6.77. The third-order valence-electron chi connectivity index (χ3n) is 4.97. The van der Waals surface area contributed by atoms with Gasteiger partial charge in [0.05, 0.1) is 16.2 Å². The lowest BCUT2D eigenvalue weighted by Gasteiger charge is -2.34. The van der Waals surface area contributed by atoms with Crippen molar-refractivity contribution in [2.24, 2.45) is 0 Å². The van der Waals surface area contributed by atoms with E-state index in [0.717, 1.165) is 22.5 Å². The second-order valence-corrected chi connectivity index (χ2v) is 11.0. The average Bonchev–Trinajstić information content (AvgIpc) is 2.73. The summed E-state index contributed by atoms with van der Waals surface area (Å²) >= 11 is 0. The number of piperazine rings is 1. The highest BCUT2D eigenvalue weighted by Crippen LogP contribution is 2.25. The zero-order valence-corrected chi connectivity index (χ0v) is 18.4. The Balaban J connectivity index is 1.80. The molecule has 3 rings (SSSR count). The van der Waals surface area contributed by atoms with Crippen molar-refractivity contribution in [3.05, 3.63) is 59.7 Å².